The van der Waals surface area contributed by atoms with Crippen LogP contribution in [0.3, 0.4) is 0 Å². The number of amides is 2. The second kappa shape index (κ2) is 9.74. The van der Waals surface area contributed by atoms with Gasteiger partial charge < -0.3 is 15.5 Å². The lowest BCUT2D eigenvalue weighted by Crippen LogP contribution is -2.54. The summed E-state index contributed by atoms with van der Waals surface area (Å²) in [7, 11) is 0. The molecular formula is C20H23Cl2N3O2. The van der Waals surface area contributed by atoms with E-state index >= 15 is 0 Å². The summed E-state index contributed by atoms with van der Waals surface area (Å²) in [5, 5.41) is 6.75. The molecule has 1 aliphatic heterocycles. The lowest BCUT2D eigenvalue weighted by Gasteiger charge is -2.38. The van der Waals surface area contributed by atoms with Crippen molar-refractivity contribution in [2.75, 3.05) is 19.6 Å². The van der Waals surface area contributed by atoms with Crippen LogP contribution in [0.25, 0.3) is 0 Å². The SMILES string of the molecule is CC(NC(=O)c1ccccc1)C(=O)N1CCNCC1c1ccccc1Cl.Cl. The fourth-order valence-corrected chi connectivity index (χ4v) is 3.43. The summed E-state index contributed by atoms with van der Waals surface area (Å²) >= 11 is 6.34. The van der Waals surface area contributed by atoms with Crippen LogP contribution < -0.4 is 10.6 Å². The number of nitrogens with zero attached hydrogens (tertiary/aromatic N) is 1. The van der Waals surface area contributed by atoms with Crippen molar-refractivity contribution < 1.29 is 9.59 Å². The van der Waals surface area contributed by atoms with E-state index in [1.165, 1.54) is 0 Å². The Morgan fingerprint density at radius 2 is 1.81 bits per heavy atom. The molecule has 144 valence electrons. The van der Waals surface area contributed by atoms with Crippen molar-refractivity contribution in [1.82, 2.24) is 15.5 Å². The third-order valence-corrected chi connectivity index (χ3v) is 4.89. The summed E-state index contributed by atoms with van der Waals surface area (Å²) in [6.07, 6.45) is 0. The Balaban J connectivity index is 0.00000261. The third kappa shape index (κ3) is 5.01. The molecule has 5 nitrogen and oxygen atoms in total. The maximum atomic E-state index is 13.0. The lowest BCUT2D eigenvalue weighted by molar-refractivity contribution is -0.136. The lowest BCUT2D eigenvalue weighted by atomic mass is 10.0. The molecule has 7 heteroatoms. The number of benzene rings is 2. The zero-order chi connectivity index (χ0) is 18.5. The topological polar surface area (TPSA) is 61.4 Å². The quantitative estimate of drug-likeness (QED) is 0.818. The highest BCUT2D eigenvalue weighted by molar-refractivity contribution is 6.31. The Kier molecular flexibility index (Phi) is 7.66. The van der Waals surface area contributed by atoms with E-state index in [4.69, 9.17) is 11.6 Å². The molecule has 0 saturated carbocycles. The predicted molar refractivity (Wildman–Crippen MR) is 109 cm³/mol. The fourth-order valence-electron chi connectivity index (χ4n) is 3.17. The van der Waals surface area contributed by atoms with E-state index in [0.717, 1.165) is 5.56 Å². The Bertz CT molecular complexity index is 786. The summed E-state index contributed by atoms with van der Waals surface area (Å²) in [5.41, 5.74) is 1.45. The van der Waals surface area contributed by atoms with Gasteiger partial charge in [-0.1, -0.05) is 48.0 Å². The van der Waals surface area contributed by atoms with Gasteiger partial charge in [0.05, 0.1) is 6.04 Å². The van der Waals surface area contributed by atoms with Gasteiger partial charge in [-0.05, 0) is 30.7 Å². The van der Waals surface area contributed by atoms with Gasteiger partial charge in [-0.3, -0.25) is 9.59 Å². The molecule has 1 heterocycles. The molecule has 2 aromatic carbocycles. The normalized spacial score (nSPS) is 17.6. The van der Waals surface area contributed by atoms with Gasteiger partial charge in [0.2, 0.25) is 5.91 Å². The van der Waals surface area contributed by atoms with Gasteiger partial charge >= 0.3 is 0 Å². The van der Waals surface area contributed by atoms with E-state index in [-0.39, 0.29) is 30.3 Å². The number of carbonyl (C=O) groups is 2. The smallest absolute Gasteiger partial charge is 0.251 e. The first-order chi connectivity index (χ1) is 12.6. The molecule has 0 radical (unpaired) electrons. The van der Waals surface area contributed by atoms with Crippen LogP contribution in [0.1, 0.15) is 28.9 Å². The molecule has 1 saturated heterocycles. The van der Waals surface area contributed by atoms with E-state index in [9.17, 15) is 9.59 Å². The van der Waals surface area contributed by atoms with Crippen LogP contribution in [0.2, 0.25) is 5.02 Å². The summed E-state index contributed by atoms with van der Waals surface area (Å²) in [6, 6.07) is 15.7. The van der Waals surface area contributed by atoms with Crippen molar-refractivity contribution in [2.24, 2.45) is 0 Å². The average Bonchev–Trinajstić information content (AvgIpc) is 2.68. The van der Waals surface area contributed by atoms with Crippen LogP contribution in [0.5, 0.6) is 0 Å². The zero-order valence-corrected chi connectivity index (χ0v) is 16.6. The first kappa shape index (κ1) is 21.2. The van der Waals surface area contributed by atoms with Gasteiger partial charge in [0.25, 0.3) is 5.91 Å². The minimum atomic E-state index is -0.620. The number of carbonyl (C=O) groups excluding carboxylic acids is 2. The Hall–Kier alpha value is -2.08. The maximum absolute atomic E-state index is 13.0. The summed E-state index contributed by atoms with van der Waals surface area (Å²) < 4.78 is 0. The molecule has 0 spiro atoms. The van der Waals surface area contributed by atoms with E-state index in [1.807, 2.05) is 30.3 Å². The van der Waals surface area contributed by atoms with Gasteiger partial charge in [0.15, 0.2) is 0 Å². The fraction of sp³-hybridized carbons (Fsp3) is 0.300. The average molecular weight is 408 g/mol. The molecule has 0 bridgehead atoms. The molecule has 1 fully saturated rings. The molecule has 1 aliphatic rings. The highest BCUT2D eigenvalue weighted by atomic mass is 35.5. The Labute approximate surface area is 170 Å². The van der Waals surface area contributed by atoms with Gasteiger partial charge in [-0.15, -0.1) is 12.4 Å². The number of halogens is 2. The highest BCUT2D eigenvalue weighted by Gasteiger charge is 2.32. The van der Waals surface area contributed by atoms with Crippen molar-refractivity contribution in [3.05, 3.63) is 70.7 Å². The third-order valence-electron chi connectivity index (χ3n) is 4.54. The summed E-state index contributed by atoms with van der Waals surface area (Å²) in [4.78, 5) is 27.1. The first-order valence-electron chi connectivity index (χ1n) is 8.69. The number of hydrogen-bond donors (Lipinski definition) is 2. The molecule has 2 N–H and O–H groups in total. The van der Waals surface area contributed by atoms with E-state index < -0.39 is 6.04 Å². The second-order valence-corrected chi connectivity index (χ2v) is 6.74. The van der Waals surface area contributed by atoms with Gasteiger partial charge in [0, 0.05) is 30.2 Å². The van der Waals surface area contributed by atoms with Gasteiger partial charge in [-0.25, -0.2) is 0 Å². The number of nitrogens with one attached hydrogen (secondary N) is 2. The minimum absolute atomic E-state index is 0. The van der Waals surface area contributed by atoms with E-state index in [2.05, 4.69) is 10.6 Å². The largest absolute Gasteiger partial charge is 0.341 e. The molecule has 2 atom stereocenters. The van der Waals surface area contributed by atoms with Crippen LogP contribution in [-0.4, -0.2) is 42.4 Å². The molecule has 2 aromatic rings. The van der Waals surface area contributed by atoms with Crippen LogP contribution >= 0.6 is 24.0 Å². The highest BCUT2D eigenvalue weighted by Crippen LogP contribution is 2.28. The molecule has 3 rings (SSSR count). The molecule has 2 unspecified atom stereocenters. The molecular weight excluding hydrogens is 385 g/mol. The standard InChI is InChI=1S/C20H22ClN3O2.ClH/c1-14(23-19(25)15-7-3-2-4-8-15)20(26)24-12-11-22-13-18(24)16-9-5-6-10-17(16)21;/h2-10,14,18,22H,11-13H2,1H3,(H,23,25);1H. The monoisotopic (exact) mass is 407 g/mol. The number of rotatable bonds is 4. The van der Waals surface area contributed by atoms with Crippen molar-refractivity contribution in [1.29, 1.82) is 0 Å². The van der Waals surface area contributed by atoms with Crippen molar-refractivity contribution in [2.45, 2.75) is 19.0 Å². The van der Waals surface area contributed by atoms with Crippen LogP contribution in [0.15, 0.2) is 54.6 Å². The van der Waals surface area contributed by atoms with E-state index in [1.54, 1.807) is 36.1 Å². The van der Waals surface area contributed by atoms with Gasteiger partial charge in [-0.2, -0.15) is 0 Å². The van der Waals surface area contributed by atoms with Gasteiger partial charge in [0.1, 0.15) is 6.04 Å². The first-order valence-corrected chi connectivity index (χ1v) is 9.07. The predicted octanol–water partition coefficient (Wildman–Crippen LogP) is 3.05. The molecule has 0 aromatic heterocycles. The Morgan fingerprint density at radius 1 is 1.15 bits per heavy atom. The van der Waals surface area contributed by atoms with Crippen LogP contribution in [0, 0.1) is 0 Å². The van der Waals surface area contributed by atoms with Crippen LogP contribution in [0.4, 0.5) is 0 Å². The van der Waals surface area contributed by atoms with Crippen molar-refractivity contribution in [3.8, 4) is 0 Å². The minimum Gasteiger partial charge on any atom is -0.341 e. The molecule has 0 aliphatic carbocycles. The summed E-state index contributed by atoms with van der Waals surface area (Å²) in [5.74, 6) is -0.364. The number of hydrogen-bond acceptors (Lipinski definition) is 3. The zero-order valence-electron chi connectivity index (χ0n) is 15.0. The Morgan fingerprint density at radius 3 is 2.52 bits per heavy atom. The molecule has 2 amide bonds. The second-order valence-electron chi connectivity index (χ2n) is 6.33. The maximum Gasteiger partial charge on any atom is 0.251 e. The van der Waals surface area contributed by atoms with E-state index in [0.29, 0.717) is 30.2 Å². The number of piperazine rings is 1. The van der Waals surface area contributed by atoms with Crippen molar-refractivity contribution in [3.63, 3.8) is 0 Å². The van der Waals surface area contributed by atoms with Crippen LogP contribution in [-0.2, 0) is 4.79 Å². The van der Waals surface area contributed by atoms with Crippen molar-refractivity contribution >= 4 is 35.8 Å². The molecule has 27 heavy (non-hydrogen) atoms. The summed E-state index contributed by atoms with van der Waals surface area (Å²) in [6.45, 7) is 3.63.